The monoisotopic (exact) mass is 669 g/mol. The topological polar surface area (TPSA) is 47.9 Å². The molecule has 2 aliphatic rings. The molecule has 0 spiro atoms. The van der Waals surface area contributed by atoms with Gasteiger partial charge in [-0.2, -0.15) is 5.26 Å². The van der Waals surface area contributed by atoms with Crippen molar-refractivity contribution in [3.05, 3.63) is 210 Å². The highest BCUT2D eigenvalue weighted by Gasteiger charge is 2.23. The molecule has 2 aliphatic carbocycles. The third kappa shape index (κ3) is 7.29. The molecule has 52 heavy (non-hydrogen) atoms. The second kappa shape index (κ2) is 15.1. The molecule has 0 saturated heterocycles. The smallest absolute Gasteiger partial charge is 0.0992 e. The summed E-state index contributed by atoms with van der Waals surface area (Å²) in [6.07, 6.45) is 12.2. The van der Waals surface area contributed by atoms with Gasteiger partial charge in [0.1, 0.15) is 0 Å². The third-order valence-electron chi connectivity index (χ3n) is 9.92. The molecule has 3 heteroatoms. The number of allylic oxidation sites excluding steroid dienone is 7. The van der Waals surface area contributed by atoms with Crippen molar-refractivity contribution >= 4 is 28.2 Å². The average molecular weight is 670 g/mol. The minimum atomic E-state index is 0.240. The van der Waals surface area contributed by atoms with Gasteiger partial charge in [0.15, 0.2) is 0 Å². The maximum absolute atomic E-state index is 9.81. The van der Waals surface area contributed by atoms with E-state index >= 15 is 0 Å². The van der Waals surface area contributed by atoms with Crippen molar-refractivity contribution in [1.82, 2.24) is 0 Å². The van der Waals surface area contributed by atoms with Gasteiger partial charge in [-0.1, -0.05) is 140 Å². The van der Waals surface area contributed by atoms with Gasteiger partial charge < -0.3 is 10.6 Å². The molecular formula is C49H39N3. The molecule has 0 saturated carbocycles. The first-order chi connectivity index (χ1) is 25.7. The van der Waals surface area contributed by atoms with E-state index in [1.165, 1.54) is 39.0 Å². The predicted molar refractivity (Wildman–Crippen MR) is 218 cm³/mol. The molecule has 0 amide bonds. The first kappa shape index (κ1) is 32.6. The minimum absolute atomic E-state index is 0.240. The lowest BCUT2D eigenvalue weighted by molar-refractivity contribution is 0.780. The predicted octanol–water partition coefficient (Wildman–Crippen LogP) is 12.8. The summed E-state index contributed by atoms with van der Waals surface area (Å²) < 4.78 is 0. The van der Waals surface area contributed by atoms with Gasteiger partial charge in [-0.15, -0.1) is 0 Å². The first-order valence-electron chi connectivity index (χ1n) is 18.0. The molecule has 1 atom stereocenters. The summed E-state index contributed by atoms with van der Waals surface area (Å²) in [4.78, 5) is 0. The van der Waals surface area contributed by atoms with Crippen molar-refractivity contribution < 1.29 is 0 Å². The molecule has 0 aliphatic heterocycles. The summed E-state index contributed by atoms with van der Waals surface area (Å²) in [5.41, 5.74) is 15.8. The lowest BCUT2D eigenvalue weighted by atomic mass is 9.80. The Morgan fingerprint density at radius 1 is 0.577 bits per heavy atom. The summed E-state index contributed by atoms with van der Waals surface area (Å²) in [5.74, 6) is 0.240. The second-order valence-electron chi connectivity index (χ2n) is 13.4. The highest BCUT2D eigenvalue weighted by atomic mass is 14.9. The zero-order valence-corrected chi connectivity index (χ0v) is 29.0. The van der Waals surface area contributed by atoms with E-state index < -0.39 is 0 Å². The van der Waals surface area contributed by atoms with Crippen LogP contribution >= 0.6 is 0 Å². The molecule has 3 nitrogen and oxygen atoms in total. The summed E-state index contributed by atoms with van der Waals surface area (Å²) in [7, 11) is 0. The molecule has 0 heterocycles. The number of anilines is 3. The van der Waals surface area contributed by atoms with Crippen LogP contribution in [0.5, 0.6) is 0 Å². The normalized spacial score (nSPS) is 15.3. The molecule has 2 N–H and O–H groups in total. The zero-order valence-electron chi connectivity index (χ0n) is 29.0. The fourth-order valence-electron chi connectivity index (χ4n) is 7.29. The average Bonchev–Trinajstić information content (AvgIpc) is 3.22. The van der Waals surface area contributed by atoms with E-state index in [4.69, 9.17) is 0 Å². The van der Waals surface area contributed by atoms with E-state index in [1.807, 2.05) is 18.2 Å². The van der Waals surface area contributed by atoms with Gasteiger partial charge in [0, 0.05) is 34.2 Å². The Kier molecular flexibility index (Phi) is 9.45. The number of nitrogens with zero attached hydrogens (tertiary/aromatic N) is 1. The van der Waals surface area contributed by atoms with Crippen molar-refractivity contribution in [2.45, 2.75) is 19.3 Å². The summed E-state index contributed by atoms with van der Waals surface area (Å²) in [6, 6.07) is 57.2. The first-order valence-corrected chi connectivity index (χ1v) is 18.0. The Hall–Kier alpha value is -6.63. The number of rotatable bonds is 9. The van der Waals surface area contributed by atoms with Crippen LogP contribution in [-0.4, -0.2) is 0 Å². The molecule has 250 valence electrons. The highest BCUT2D eigenvalue weighted by Crippen LogP contribution is 2.41. The lowest BCUT2D eigenvalue weighted by Crippen LogP contribution is -2.12. The van der Waals surface area contributed by atoms with Crippen LogP contribution in [0.25, 0.3) is 33.4 Å². The van der Waals surface area contributed by atoms with Gasteiger partial charge in [-0.05, 0) is 106 Å². The summed E-state index contributed by atoms with van der Waals surface area (Å²) >= 11 is 0. The second-order valence-corrected chi connectivity index (χ2v) is 13.4. The van der Waals surface area contributed by atoms with Crippen LogP contribution in [0.1, 0.15) is 36.0 Å². The Balaban J connectivity index is 1.08. The van der Waals surface area contributed by atoms with Crippen molar-refractivity contribution in [1.29, 1.82) is 5.26 Å². The maximum atomic E-state index is 9.81. The molecule has 0 radical (unpaired) electrons. The van der Waals surface area contributed by atoms with Crippen molar-refractivity contribution in [2.24, 2.45) is 5.92 Å². The van der Waals surface area contributed by atoms with Gasteiger partial charge in [0.05, 0.1) is 11.6 Å². The van der Waals surface area contributed by atoms with Gasteiger partial charge in [-0.3, -0.25) is 0 Å². The van der Waals surface area contributed by atoms with Gasteiger partial charge in [0.2, 0.25) is 0 Å². The Morgan fingerprint density at radius 3 is 1.81 bits per heavy atom. The SMILES string of the molecule is N#Cc1ccc(C2=CC(C3C=CC(Nc4cccc(-c5ccccc5)c4)=C(c4ccccc4)C3)=CCC2)c(Nc2cccc(-c3ccccc3)c2)c1. The van der Waals surface area contributed by atoms with Crippen molar-refractivity contribution in [3.8, 4) is 28.3 Å². The van der Waals surface area contributed by atoms with Crippen LogP contribution in [0.2, 0.25) is 0 Å². The Labute approximate surface area is 306 Å². The van der Waals surface area contributed by atoms with Crippen LogP contribution in [0.15, 0.2) is 193 Å². The number of hydrogen-bond acceptors (Lipinski definition) is 3. The van der Waals surface area contributed by atoms with E-state index in [-0.39, 0.29) is 5.92 Å². The van der Waals surface area contributed by atoms with E-state index in [9.17, 15) is 5.26 Å². The number of hydrogen-bond donors (Lipinski definition) is 2. The van der Waals surface area contributed by atoms with Crippen LogP contribution in [0.3, 0.4) is 0 Å². The fourth-order valence-corrected chi connectivity index (χ4v) is 7.29. The van der Waals surface area contributed by atoms with Crippen LogP contribution in [-0.2, 0) is 0 Å². The van der Waals surface area contributed by atoms with Gasteiger partial charge >= 0.3 is 0 Å². The largest absolute Gasteiger partial charge is 0.355 e. The third-order valence-corrected chi connectivity index (χ3v) is 9.92. The Morgan fingerprint density at radius 2 is 1.17 bits per heavy atom. The minimum Gasteiger partial charge on any atom is -0.355 e. The molecule has 8 rings (SSSR count). The Bertz CT molecular complexity index is 2380. The van der Waals surface area contributed by atoms with E-state index in [0.29, 0.717) is 5.56 Å². The molecule has 0 fully saturated rings. The molecule has 1 unspecified atom stereocenters. The van der Waals surface area contributed by atoms with E-state index in [0.717, 1.165) is 53.1 Å². The van der Waals surface area contributed by atoms with Crippen LogP contribution in [0.4, 0.5) is 17.1 Å². The number of nitrogens with one attached hydrogen (secondary N) is 2. The lowest BCUT2D eigenvalue weighted by Gasteiger charge is -2.27. The summed E-state index contributed by atoms with van der Waals surface area (Å²) in [6.45, 7) is 0. The van der Waals surface area contributed by atoms with E-state index in [1.54, 1.807) is 0 Å². The van der Waals surface area contributed by atoms with Gasteiger partial charge in [0.25, 0.3) is 0 Å². The fraction of sp³-hybridized carbons (Fsp3) is 0.0816. The summed E-state index contributed by atoms with van der Waals surface area (Å²) in [5, 5.41) is 17.3. The van der Waals surface area contributed by atoms with Crippen LogP contribution < -0.4 is 10.6 Å². The van der Waals surface area contributed by atoms with Crippen molar-refractivity contribution in [2.75, 3.05) is 10.6 Å². The molecular weight excluding hydrogens is 631 g/mol. The van der Waals surface area contributed by atoms with Crippen molar-refractivity contribution in [3.63, 3.8) is 0 Å². The molecule has 6 aromatic rings. The number of benzene rings is 6. The van der Waals surface area contributed by atoms with Gasteiger partial charge in [-0.25, -0.2) is 0 Å². The molecule has 0 bridgehead atoms. The molecule has 0 aromatic heterocycles. The van der Waals surface area contributed by atoms with E-state index in [2.05, 4.69) is 181 Å². The molecule has 6 aromatic carbocycles. The zero-order chi connectivity index (χ0) is 35.1. The highest BCUT2D eigenvalue weighted by molar-refractivity contribution is 5.84. The standard InChI is InChI=1S/C49H39N3/c50-34-35-25-27-46(49(29-35)52-45-24-12-21-41(32-45)37-15-6-2-7-16-37)43-22-10-19-39(30-43)42-26-28-48(47(33-42)38-17-8-3-9-18-38)51-44-23-11-20-40(31-44)36-13-4-1-5-14-36/h1-9,11-21,23-32,42,51-52H,10,22,33H2. The van der Waals surface area contributed by atoms with Crippen LogP contribution in [0, 0.1) is 17.2 Å². The quantitative estimate of drug-likeness (QED) is 0.161. The maximum Gasteiger partial charge on any atom is 0.0992 e. The number of nitriles is 1.